The quantitative estimate of drug-likeness (QED) is 0.341. The Kier molecular flexibility index (Phi) is 12.4. The third-order valence-corrected chi connectivity index (χ3v) is 7.20. The number of hydrogen-bond donors (Lipinski definition) is 1. The zero-order valence-corrected chi connectivity index (χ0v) is 23.9. The van der Waals surface area contributed by atoms with Crippen molar-refractivity contribution in [3.63, 3.8) is 0 Å². The van der Waals surface area contributed by atoms with Crippen LogP contribution < -0.4 is 19.1 Å². The fourth-order valence-electron chi connectivity index (χ4n) is 4.13. The van der Waals surface area contributed by atoms with Crippen molar-refractivity contribution in [1.82, 2.24) is 10.2 Å². The second kappa shape index (κ2) is 15.2. The maximum atomic E-state index is 13.5. The normalized spacial score (nSPS) is 11.9. The van der Waals surface area contributed by atoms with Crippen LogP contribution in [0.4, 0.5) is 5.69 Å². The van der Waals surface area contributed by atoms with Crippen LogP contribution in [0.1, 0.15) is 52.0 Å². The second-order valence-electron chi connectivity index (χ2n) is 8.95. The highest BCUT2D eigenvalue weighted by Gasteiger charge is 2.28. The Hall–Kier alpha value is -3.27. The van der Waals surface area contributed by atoms with Crippen molar-refractivity contribution in [3.05, 3.63) is 54.1 Å². The molecular weight excluding hydrogens is 506 g/mol. The van der Waals surface area contributed by atoms with Gasteiger partial charge < -0.3 is 19.7 Å². The van der Waals surface area contributed by atoms with Gasteiger partial charge in [-0.3, -0.25) is 13.9 Å². The van der Waals surface area contributed by atoms with Crippen molar-refractivity contribution in [2.24, 2.45) is 0 Å². The average Bonchev–Trinajstić information content (AvgIpc) is 2.89. The Labute approximate surface area is 227 Å². The van der Waals surface area contributed by atoms with E-state index in [2.05, 4.69) is 5.32 Å². The van der Waals surface area contributed by atoms with Crippen LogP contribution in [0.25, 0.3) is 0 Å². The smallest absolute Gasteiger partial charge is 0.242 e. The molecule has 2 aromatic carbocycles. The molecule has 0 bridgehead atoms. The lowest BCUT2D eigenvalue weighted by molar-refractivity contribution is -0.141. The topological polar surface area (TPSA) is 105 Å². The van der Waals surface area contributed by atoms with E-state index in [0.29, 0.717) is 43.2 Å². The number of carbonyl (C=O) groups is 2. The van der Waals surface area contributed by atoms with Gasteiger partial charge in [0, 0.05) is 26.1 Å². The van der Waals surface area contributed by atoms with E-state index in [1.165, 1.54) is 4.31 Å². The van der Waals surface area contributed by atoms with Gasteiger partial charge in [0.1, 0.15) is 17.5 Å². The molecule has 0 aliphatic rings. The van der Waals surface area contributed by atoms with Gasteiger partial charge in [-0.05, 0) is 68.1 Å². The summed E-state index contributed by atoms with van der Waals surface area (Å²) in [5, 5.41) is 2.90. The summed E-state index contributed by atoms with van der Waals surface area (Å²) in [4.78, 5) is 28.0. The number of nitrogens with one attached hydrogen (secondary N) is 1. The van der Waals surface area contributed by atoms with Gasteiger partial charge in [-0.15, -0.1) is 0 Å². The Bertz CT molecular complexity index is 1140. The van der Waals surface area contributed by atoms with Crippen LogP contribution in [0.2, 0.25) is 0 Å². The van der Waals surface area contributed by atoms with E-state index in [-0.39, 0.29) is 31.3 Å². The third-order valence-electron chi connectivity index (χ3n) is 6.01. The van der Waals surface area contributed by atoms with Crippen molar-refractivity contribution < 1.29 is 27.5 Å². The van der Waals surface area contributed by atoms with Gasteiger partial charge >= 0.3 is 0 Å². The summed E-state index contributed by atoms with van der Waals surface area (Å²) in [5.74, 6) is 0.904. The zero-order chi connectivity index (χ0) is 28.1. The van der Waals surface area contributed by atoms with Crippen molar-refractivity contribution >= 4 is 27.5 Å². The molecule has 38 heavy (non-hydrogen) atoms. The minimum absolute atomic E-state index is 0.0879. The molecule has 0 saturated heterocycles. The molecule has 1 N–H and O–H groups in total. The molecule has 0 aromatic heterocycles. The van der Waals surface area contributed by atoms with E-state index in [1.807, 2.05) is 45.0 Å². The molecule has 0 aliphatic carbocycles. The minimum Gasteiger partial charge on any atom is -0.497 e. The summed E-state index contributed by atoms with van der Waals surface area (Å²) >= 11 is 0. The molecule has 9 nitrogen and oxygen atoms in total. The van der Waals surface area contributed by atoms with Crippen molar-refractivity contribution in [3.8, 4) is 11.5 Å². The number of methoxy groups -OCH3 is 1. The number of carbonyl (C=O) groups excluding carboxylic acids is 2. The molecule has 0 saturated carbocycles. The number of amides is 2. The van der Waals surface area contributed by atoms with E-state index in [4.69, 9.17) is 9.47 Å². The Morgan fingerprint density at radius 2 is 1.74 bits per heavy atom. The van der Waals surface area contributed by atoms with Crippen molar-refractivity contribution in [1.29, 1.82) is 0 Å². The molecule has 10 heteroatoms. The SMILES string of the molecule is CCCNC(=O)[C@@H](CC)N(Cc1cccc(OC)c1)C(=O)CCCN(c1ccc(OCC)cc1)S(C)(=O)=O. The van der Waals surface area contributed by atoms with E-state index in [9.17, 15) is 18.0 Å². The van der Waals surface area contributed by atoms with E-state index >= 15 is 0 Å². The largest absolute Gasteiger partial charge is 0.497 e. The Morgan fingerprint density at radius 1 is 1.03 bits per heavy atom. The van der Waals surface area contributed by atoms with E-state index in [1.54, 1.807) is 36.3 Å². The summed E-state index contributed by atoms with van der Waals surface area (Å²) in [7, 11) is -2.00. The highest BCUT2D eigenvalue weighted by molar-refractivity contribution is 7.92. The van der Waals surface area contributed by atoms with Crippen LogP contribution in [0.3, 0.4) is 0 Å². The van der Waals surface area contributed by atoms with Crippen LogP contribution in [-0.2, 0) is 26.2 Å². The highest BCUT2D eigenvalue weighted by atomic mass is 32.2. The first-order chi connectivity index (χ1) is 18.1. The lowest BCUT2D eigenvalue weighted by Gasteiger charge is -2.31. The summed E-state index contributed by atoms with van der Waals surface area (Å²) in [5.41, 5.74) is 1.34. The monoisotopic (exact) mass is 547 g/mol. The van der Waals surface area contributed by atoms with Gasteiger partial charge in [0.05, 0.1) is 25.7 Å². The fraction of sp³-hybridized carbons (Fsp3) is 0.500. The minimum atomic E-state index is -3.57. The summed E-state index contributed by atoms with van der Waals surface area (Å²) < 4.78 is 37.1. The number of benzene rings is 2. The van der Waals surface area contributed by atoms with Gasteiger partial charge in [-0.1, -0.05) is 26.0 Å². The molecule has 0 heterocycles. The number of rotatable bonds is 16. The highest BCUT2D eigenvalue weighted by Crippen LogP contribution is 2.23. The maximum absolute atomic E-state index is 13.5. The Morgan fingerprint density at radius 3 is 2.32 bits per heavy atom. The van der Waals surface area contributed by atoms with Gasteiger partial charge in [0.15, 0.2) is 0 Å². The maximum Gasteiger partial charge on any atom is 0.242 e. The van der Waals surface area contributed by atoms with Gasteiger partial charge in [0.2, 0.25) is 21.8 Å². The Balaban J connectivity index is 2.21. The predicted octanol–water partition coefficient (Wildman–Crippen LogP) is 3.97. The summed E-state index contributed by atoms with van der Waals surface area (Å²) in [6, 6.07) is 13.6. The predicted molar refractivity (Wildman–Crippen MR) is 150 cm³/mol. The first-order valence-electron chi connectivity index (χ1n) is 13.0. The molecule has 2 rings (SSSR count). The third kappa shape index (κ3) is 9.24. The molecule has 0 fully saturated rings. The molecule has 210 valence electrons. The van der Waals surface area contributed by atoms with Crippen LogP contribution in [0.5, 0.6) is 11.5 Å². The lowest BCUT2D eigenvalue weighted by Crippen LogP contribution is -2.49. The van der Waals surface area contributed by atoms with Crippen molar-refractivity contribution in [2.45, 2.75) is 59.0 Å². The molecule has 0 aliphatic heterocycles. The average molecular weight is 548 g/mol. The second-order valence-corrected chi connectivity index (χ2v) is 10.9. The van der Waals surface area contributed by atoms with Crippen LogP contribution in [0.15, 0.2) is 48.5 Å². The van der Waals surface area contributed by atoms with Gasteiger partial charge in [0.25, 0.3) is 0 Å². The zero-order valence-electron chi connectivity index (χ0n) is 23.1. The number of sulfonamides is 1. The molecule has 2 amide bonds. The molecule has 0 unspecified atom stereocenters. The van der Waals surface area contributed by atoms with Crippen LogP contribution in [0, 0.1) is 0 Å². The van der Waals surface area contributed by atoms with Gasteiger partial charge in [-0.2, -0.15) is 0 Å². The van der Waals surface area contributed by atoms with Gasteiger partial charge in [-0.25, -0.2) is 8.42 Å². The first-order valence-corrected chi connectivity index (χ1v) is 14.9. The molecule has 0 radical (unpaired) electrons. The standard InChI is InChI=1S/C28H41N3O6S/c1-6-18-29-28(33)26(7-2)30(21-22-11-9-12-25(20-22)36-4)27(32)13-10-19-31(38(5,34)35)23-14-16-24(17-15-23)37-8-3/h9,11-12,14-17,20,26H,6-8,10,13,18-19,21H2,1-5H3,(H,29,33)/t26-/m1/s1. The van der Waals surface area contributed by atoms with E-state index < -0.39 is 16.1 Å². The van der Waals surface area contributed by atoms with Crippen LogP contribution >= 0.6 is 0 Å². The molecule has 2 aromatic rings. The number of nitrogens with zero attached hydrogens (tertiary/aromatic N) is 2. The molecular formula is C28H41N3O6S. The molecule has 1 atom stereocenters. The summed E-state index contributed by atoms with van der Waals surface area (Å²) in [6.45, 7) is 7.13. The lowest BCUT2D eigenvalue weighted by atomic mass is 10.1. The molecule has 0 spiro atoms. The summed E-state index contributed by atoms with van der Waals surface area (Å²) in [6.07, 6.45) is 2.77. The van der Waals surface area contributed by atoms with Crippen LogP contribution in [-0.4, -0.2) is 64.2 Å². The van der Waals surface area contributed by atoms with Crippen molar-refractivity contribution in [2.75, 3.05) is 37.4 Å². The number of anilines is 1. The number of hydrogen-bond acceptors (Lipinski definition) is 6. The number of ether oxygens (including phenoxy) is 2. The fourth-order valence-corrected chi connectivity index (χ4v) is 5.10. The first kappa shape index (κ1) is 31.0. The van der Waals surface area contributed by atoms with E-state index in [0.717, 1.165) is 18.2 Å².